The summed E-state index contributed by atoms with van der Waals surface area (Å²) >= 11 is 0. The smallest absolute Gasteiger partial charge is 0.0991 e. The van der Waals surface area contributed by atoms with E-state index >= 15 is 0 Å². The first-order chi connectivity index (χ1) is 11.4. The summed E-state index contributed by atoms with van der Waals surface area (Å²) in [5.41, 5.74) is 3.54. The first-order valence-electron chi connectivity index (χ1n) is 7.64. The molecule has 0 amide bonds. The van der Waals surface area contributed by atoms with E-state index in [0.717, 1.165) is 5.69 Å². The Balaban J connectivity index is 1.63. The highest BCUT2D eigenvalue weighted by Crippen LogP contribution is 2.21. The van der Waals surface area contributed by atoms with Crippen molar-refractivity contribution in [3.8, 4) is 5.69 Å². The predicted molar refractivity (Wildman–Crippen MR) is 96.4 cm³/mol. The Morgan fingerprint density at radius 2 is 1.61 bits per heavy atom. The minimum atomic E-state index is 1.12. The lowest BCUT2D eigenvalue weighted by molar-refractivity contribution is 1.06. The van der Waals surface area contributed by atoms with Crippen LogP contribution in [0.3, 0.4) is 0 Å². The lowest BCUT2D eigenvalue weighted by Gasteiger charge is -2.03. The number of aromatic nitrogens is 2. The van der Waals surface area contributed by atoms with Gasteiger partial charge in [-0.2, -0.15) is 0 Å². The Labute approximate surface area is 135 Å². The first kappa shape index (κ1) is 13.5. The molecule has 0 radical (unpaired) electrons. The molecule has 2 nitrogen and oxygen atoms in total. The maximum atomic E-state index is 4.07. The van der Waals surface area contributed by atoms with Crippen molar-refractivity contribution in [1.82, 2.24) is 9.55 Å². The third-order valence-electron chi connectivity index (χ3n) is 3.97. The molecule has 3 aromatic carbocycles. The third kappa shape index (κ3) is 2.79. The molecule has 0 saturated heterocycles. The van der Waals surface area contributed by atoms with E-state index < -0.39 is 0 Å². The van der Waals surface area contributed by atoms with Crippen LogP contribution in [0, 0.1) is 0 Å². The zero-order valence-corrected chi connectivity index (χ0v) is 12.6. The van der Waals surface area contributed by atoms with Gasteiger partial charge in [0.1, 0.15) is 0 Å². The van der Waals surface area contributed by atoms with E-state index in [2.05, 4.69) is 83.9 Å². The quantitative estimate of drug-likeness (QED) is 0.475. The van der Waals surface area contributed by atoms with E-state index in [1.807, 2.05) is 10.8 Å². The molecule has 0 unspecified atom stereocenters. The van der Waals surface area contributed by atoms with Crippen molar-refractivity contribution in [3.63, 3.8) is 0 Å². The Morgan fingerprint density at radius 1 is 0.783 bits per heavy atom. The number of benzene rings is 3. The van der Waals surface area contributed by atoms with Crippen molar-refractivity contribution in [1.29, 1.82) is 0 Å². The molecule has 0 N–H and O–H groups in total. The molecule has 0 fully saturated rings. The molecular formula is C21H16N2. The van der Waals surface area contributed by atoms with Gasteiger partial charge in [0.25, 0.3) is 0 Å². The van der Waals surface area contributed by atoms with Crippen LogP contribution < -0.4 is 0 Å². The lowest BCUT2D eigenvalue weighted by Crippen LogP contribution is -1.88. The molecule has 0 spiro atoms. The number of imidazole rings is 1. The summed E-state index contributed by atoms with van der Waals surface area (Å²) in [7, 11) is 0. The number of hydrogen-bond acceptors (Lipinski definition) is 1. The molecule has 23 heavy (non-hydrogen) atoms. The minimum absolute atomic E-state index is 1.12. The van der Waals surface area contributed by atoms with Crippen LogP contribution >= 0.6 is 0 Å². The normalized spacial score (nSPS) is 11.3. The average molecular weight is 296 g/mol. The highest BCUT2D eigenvalue weighted by Gasteiger charge is 1.97. The molecule has 1 aromatic heterocycles. The molecule has 0 bridgehead atoms. The Morgan fingerprint density at radius 3 is 2.43 bits per heavy atom. The molecule has 4 aromatic rings. The number of nitrogens with zero attached hydrogens (tertiary/aromatic N) is 2. The Hall–Kier alpha value is -3.13. The van der Waals surface area contributed by atoms with Crippen LogP contribution in [0.2, 0.25) is 0 Å². The molecular weight excluding hydrogens is 280 g/mol. The van der Waals surface area contributed by atoms with Crippen molar-refractivity contribution in [2.24, 2.45) is 0 Å². The summed E-state index contributed by atoms with van der Waals surface area (Å²) in [6.45, 7) is 0. The lowest BCUT2D eigenvalue weighted by atomic mass is 10.0. The molecule has 4 rings (SSSR count). The highest BCUT2D eigenvalue weighted by molar-refractivity contribution is 5.92. The SMILES string of the molecule is C(=C\c1cccc2ccccc12)/c1ccc(-n2ccnc2)cc1. The molecule has 0 aliphatic heterocycles. The van der Waals surface area contributed by atoms with E-state index in [9.17, 15) is 0 Å². The van der Waals surface area contributed by atoms with E-state index in [1.54, 1.807) is 12.5 Å². The maximum absolute atomic E-state index is 4.07. The van der Waals surface area contributed by atoms with Crippen LogP contribution in [0.15, 0.2) is 85.5 Å². The summed E-state index contributed by atoms with van der Waals surface area (Å²) in [5.74, 6) is 0. The minimum Gasteiger partial charge on any atom is -0.306 e. The van der Waals surface area contributed by atoms with Crippen molar-refractivity contribution < 1.29 is 0 Å². The summed E-state index contributed by atoms with van der Waals surface area (Å²) in [5, 5.41) is 2.55. The van der Waals surface area contributed by atoms with Gasteiger partial charge in [-0.25, -0.2) is 4.98 Å². The van der Waals surface area contributed by atoms with Crippen LogP contribution in [0.4, 0.5) is 0 Å². The van der Waals surface area contributed by atoms with Gasteiger partial charge < -0.3 is 4.57 Å². The van der Waals surface area contributed by atoms with Gasteiger partial charge in [-0.1, -0.05) is 66.7 Å². The second-order valence-corrected chi connectivity index (χ2v) is 5.46. The summed E-state index contributed by atoms with van der Waals surface area (Å²) in [6, 6.07) is 23.3. The van der Waals surface area contributed by atoms with Crippen molar-refractivity contribution in [3.05, 3.63) is 96.6 Å². The van der Waals surface area contributed by atoms with Gasteiger partial charge in [0, 0.05) is 18.1 Å². The van der Waals surface area contributed by atoms with Crippen molar-refractivity contribution in [2.45, 2.75) is 0 Å². The number of hydrogen-bond donors (Lipinski definition) is 0. The summed E-state index contributed by atoms with van der Waals surface area (Å²) in [4.78, 5) is 4.07. The van der Waals surface area contributed by atoms with Gasteiger partial charge in [-0.3, -0.25) is 0 Å². The van der Waals surface area contributed by atoms with Gasteiger partial charge in [0.2, 0.25) is 0 Å². The molecule has 0 atom stereocenters. The molecule has 0 aliphatic carbocycles. The zero-order chi connectivity index (χ0) is 15.5. The fourth-order valence-electron chi connectivity index (χ4n) is 2.75. The van der Waals surface area contributed by atoms with Crippen LogP contribution in [0.25, 0.3) is 28.6 Å². The molecule has 0 saturated carbocycles. The van der Waals surface area contributed by atoms with E-state index in [-0.39, 0.29) is 0 Å². The fourth-order valence-corrected chi connectivity index (χ4v) is 2.75. The largest absolute Gasteiger partial charge is 0.306 e. The van der Waals surface area contributed by atoms with Crippen LogP contribution in [0.1, 0.15) is 11.1 Å². The fraction of sp³-hybridized carbons (Fsp3) is 0. The topological polar surface area (TPSA) is 17.8 Å². The second kappa shape index (κ2) is 5.93. The standard InChI is InChI=1S/C21H16N2/c1-2-7-21-18(4-1)5-3-6-19(21)11-8-17-9-12-20(13-10-17)23-15-14-22-16-23/h1-16H/b11-8+. The zero-order valence-electron chi connectivity index (χ0n) is 12.6. The number of rotatable bonds is 3. The second-order valence-electron chi connectivity index (χ2n) is 5.46. The monoisotopic (exact) mass is 296 g/mol. The van der Waals surface area contributed by atoms with Gasteiger partial charge in [-0.15, -0.1) is 0 Å². The maximum Gasteiger partial charge on any atom is 0.0991 e. The van der Waals surface area contributed by atoms with Crippen LogP contribution in [0.5, 0.6) is 0 Å². The van der Waals surface area contributed by atoms with Gasteiger partial charge in [0.05, 0.1) is 6.33 Å². The van der Waals surface area contributed by atoms with E-state index in [1.165, 1.54) is 21.9 Å². The summed E-state index contributed by atoms with van der Waals surface area (Å²) in [6.07, 6.45) is 9.87. The third-order valence-corrected chi connectivity index (χ3v) is 3.97. The van der Waals surface area contributed by atoms with Crippen molar-refractivity contribution >= 4 is 22.9 Å². The van der Waals surface area contributed by atoms with E-state index in [0.29, 0.717) is 0 Å². The van der Waals surface area contributed by atoms with Gasteiger partial charge in [-0.05, 0) is 34.0 Å². The first-order valence-corrected chi connectivity index (χ1v) is 7.64. The van der Waals surface area contributed by atoms with Crippen LogP contribution in [-0.4, -0.2) is 9.55 Å². The molecule has 110 valence electrons. The molecule has 2 heteroatoms. The van der Waals surface area contributed by atoms with Gasteiger partial charge >= 0.3 is 0 Å². The molecule has 1 heterocycles. The molecule has 0 aliphatic rings. The van der Waals surface area contributed by atoms with Crippen LogP contribution in [-0.2, 0) is 0 Å². The Bertz CT molecular complexity index is 943. The summed E-state index contributed by atoms with van der Waals surface area (Å²) < 4.78 is 2.00. The van der Waals surface area contributed by atoms with Gasteiger partial charge in [0.15, 0.2) is 0 Å². The van der Waals surface area contributed by atoms with Crippen molar-refractivity contribution in [2.75, 3.05) is 0 Å². The Kier molecular flexibility index (Phi) is 3.49. The average Bonchev–Trinajstić information content (AvgIpc) is 3.15. The predicted octanol–water partition coefficient (Wildman–Crippen LogP) is 5.20. The highest BCUT2D eigenvalue weighted by atomic mass is 15.0. The van der Waals surface area contributed by atoms with E-state index in [4.69, 9.17) is 0 Å². The number of fused-ring (bicyclic) bond motifs is 1.